The van der Waals surface area contributed by atoms with Crippen molar-refractivity contribution in [1.82, 2.24) is 13.6 Å². The van der Waals surface area contributed by atoms with Crippen LogP contribution in [-0.2, 0) is 16.8 Å². The number of nitrogens with zero attached hydrogens (tertiary/aromatic N) is 2. The quantitative estimate of drug-likeness (QED) is 0.504. The number of methoxy groups -OCH3 is 1. The third kappa shape index (κ3) is 3.78. The first-order valence-electron chi connectivity index (χ1n) is 13.4. The Labute approximate surface area is 224 Å². The van der Waals surface area contributed by atoms with Crippen molar-refractivity contribution in [2.75, 3.05) is 21.2 Å². The van der Waals surface area contributed by atoms with Crippen molar-refractivity contribution in [3.63, 3.8) is 0 Å². The maximum absolute atomic E-state index is 13.0. The predicted octanol–water partition coefficient (Wildman–Crippen LogP) is 4.35. The minimum absolute atomic E-state index is 0.221. The van der Waals surface area contributed by atoms with Crippen LogP contribution in [0.2, 0.25) is 0 Å². The van der Waals surface area contributed by atoms with Gasteiger partial charge in [0.1, 0.15) is 5.75 Å². The molecule has 2 heterocycles. The van der Waals surface area contributed by atoms with Crippen LogP contribution in [0.4, 0.5) is 0 Å². The molecule has 3 atom stereocenters. The van der Waals surface area contributed by atoms with Gasteiger partial charge in [-0.05, 0) is 66.1 Å². The normalized spacial score (nSPS) is 24.9. The molecule has 2 fully saturated rings. The Morgan fingerprint density at radius 1 is 1.13 bits per heavy atom. The van der Waals surface area contributed by atoms with Crippen LogP contribution in [-0.4, -0.2) is 49.9 Å². The van der Waals surface area contributed by atoms with Crippen LogP contribution in [0.25, 0.3) is 22.2 Å². The SMILES string of the molecule is COc1ccc2c(c1)C1C(C)[C@]1(N)Cn1c-2c(C2CCCCC2)c2ccc(C(=O)NS(=O)(=O)N(C)C)cc21. The number of nitrogens with two attached hydrogens (primary N) is 1. The summed E-state index contributed by atoms with van der Waals surface area (Å²) in [6.07, 6.45) is 5.93. The first-order valence-corrected chi connectivity index (χ1v) is 14.9. The highest BCUT2D eigenvalue weighted by molar-refractivity contribution is 7.87. The molecule has 38 heavy (non-hydrogen) atoms. The van der Waals surface area contributed by atoms with Crippen molar-refractivity contribution in [3.05, 3.63) is 53.1 Å². The number of fused-ring (bicyclic) bond motifs is 7. The van der Waals surface area contributed by atoms with Gasteiger partial charge in [0.15, 0.2) is 0 Å². The minimum Gasteiger partial charge on any atom is -0.497 e. The van der Waals surface area contributed by atoms with Gasteiger partial charge < -0.3 is 15.0 Å². The van der Waals surface area contributed by atoms with Crippen molar-refractivity contribution < 1.29 is 17.9 Å². The van der Waals surface area contributed by atoms with Gasteiger partial charge in [0.2, 0.25) is 0 Å². The van der Waals surface area contributed by atoms with E-state index in [1.807, 2.05) is 18.2 Å². The number of hydrogen-bond donors (Lipinski definition) is 2. The first-order chi connectivity index (χ1) is 18.1. The Hall–Kier alpha value is -2.88. The molecule has 9 heteroatoms. The number of hydrogen-bond acceptors (Lipinski definition) is 5. The standard InChI is InChI=1S/C29H36N4O4S/c1-17-26-23-15-20(37-4)11-13-21(23)27-25(18-8-6-5-7-9-18)22-12-10-19(28(34)31-38(35,36)32(2)3)14-24(22)33(27)16-29(17,26)30/h10-15,17-18,26H,5-9,16,30H2,1-4H3,(H,31,34)/t17?,26?,29-/m1/s1. The second kappa shape index (κ2) is 8.83. The Balaban J connectivity index is 1.59. The number of amides is 1. The average molecular weight is 537 g/mol. The van der Waals surface area contributed by atoms with Crippen LogP contribution in [0.15, 0.2) is 36.4 Å². The second-order valence-corrected chi connectivity index (χ2v) is 13.4. The molecule has 2 aliphatic carbocycles. The summed E-state index contributed by atoms with van der Waals surface area (Å²) in [5.41, 5.74) is 12.9. The average Bonchev–Trinajstić information content (AvgIpc) is 3.32. The van der Waals surface area contributed by atoms with E-state index >= 15 is 0 Å². The van der Waals surface area contributed by atoms with Crippen molar-refractivity contribution in [2.24, 2.45) is 11.7 Å². The molecule has 6 rings (SSSR count). The van der Waals surface area contributed by atoms with Crippen molar-refractivity contribution in [2.45, 2.75) is 62.9 Å². The van der Waals surface area contributed by atoms with Crippen LogP contribution in [0.5, 0.6) is 5.75 Å². The molecule has 8 nitrogen and oxygen atoms in total. The minimum atomic E-state index is -3.90. The van der Waals surface area contributed by atoms with E-state index in [9.17, 15) is 13.2 Å². The molecule has 202 valence electrons. The second-order valence-electron chi connectivity index (χ2n) is 11.5. The summed E-state index contributed by atoms with van der Waals surface area (Å²) < 4.78 is 35.8. The summed E-state index contributed by atoms with van der Waals surface area (Å²) in [6, 6.07) is 11.9. The lowest BCUT2D eigenvalue weighted by Crippen LogP contribution is -2.39. The molecule has 1 aromatic heterocycles. The summed E-state index contributed by atoms with van der Waals surface area (Å²) in [5, 5.41) is 1.12. The van der Waals surface area contributed by atoms with E-state index in [2.05, 4.69) is 28.3 Å². The first kappa shape index (κ1) is 25.4. The molecule has 0 radical (unpaired) electrons. The fourth-order valence-electron chi connectivity index (χ4n) is 6.92. The van der Waals surface area contributed by atoms with E-state index in [4.69, 9.17) is 10.5 Å². The summed E-state index contributed by atoms with van der Waals surface area (Å²) in [5.74, 6) is 1.13. The fourth-order valence-corrected chi connectivity index (χ4v) is 7.45. The summed E-state index contributed by atoms with van der Waals surface area (Å²) in [6.45, 7) is 2.84. The third-order valence-corrected chi connectivity index (χ3v) is 10.6. The van der Waals surface area contributed by atoms with Crippen LogP contribution in [0.3, 0.4) is 0 Å². The summed E-state index contributed by atoms with van der Waals surface area (Å²) in [7, 11) is 0.571. The van der Waals surface area contributed by atoms with Crippen molar-refractivity contribution in [1.29, 1.82) is 0 Å². The Bertz CT molecular complexity index is 1550. The van der Waals surface area contributed by atoms with E-state index in [1.165, 1.54) is 55.7 Å². The maximum Gasteiger partial charge on any atom is 0.303 e. The Morgan fingerprint density at radius 2 is 1.87 bits per heavy atom. The lowest BCUT2D eigenvalue weighted by Gasteiger charge is -2.24. The van der Waals surface area contributed by atoms with Gasteiger partial charge >= 0.3 is 10.2 Å². The largest absolute Gasteiger partial charge is 0.497 e. The molecule has 3 aliphatic rings. The topological polar surface area (TPSA) is 107 Å². The van der Waals surface area contributed by atoms with Gasteiger partial charge in [0, 0.05) is 54.1 Å². The summed E-state index contributed by atoms with van der Waals surface area (Å²) in [4.78, 5) is 13.0. The third-order valence-electron chi connectivity index (χ3n) is 9.18. The Morgan fingerprint density at radius 3 is 2.55 bits per heavy atom. The lowest BCUT2D eigenvalue weighted by molar-refractivity contribution is 0.0980. The van der Waals surface area contributed by atoms with E-state index in [0.717, 1.165) is 33.8 Å². The van der Waals surface area contributed by atoms with Crippen molar-refractivity contribution >= 4 is 27.0 Å². The van der Waals surface area contributed by atoms with Crippen LogP contribution < -0.4 is 15.2 Å². The van der Waals surface area contributed by atoms with E-state index < -0.39 is 21.7 Å². The lowest BCUT2D eigenvalue weighted by atomic mass is 9.81. The fraction of sp³-hybridized carbons (Fsp3) is 0.483. The number of carbonyl (C=O) groups is 1. The number of benzene rings is 2. The highest BCUT2D eigenvalue weighted by Gasteiger charge is 2.62. The molecular weight excluding hydrogens is 500 g/mol. The highest BCUT2D eigenvalue weighted by atomic mass is 32.2. The van der Waals surface area contributed by atoms with E-state index in [0.29, 0.717) is 23.9 Å². The van der Waals surface area contributed by atoms with Gasteiger partial charge in [0.25, 0.3) is 5.91 Å². The van der Waals surface area contributed by atoms with Gasteiger partial charge in [-0.1, -0.05) is 32.3 Å². The van der Waals surface area contributed by atoms with Gasteiger partial charge in [-0.15, -0.1) is 0 Å². The molecule has 3 aromatic rings. The van der Waals surface area contributed by atoms with Gasteiger partial charge in [-0.3, -0.25) is 4.79 Å². The number of ether oxygens (including phenoxy) is 1. The molecule has 1 aliphatic heterocycles. The molecule has 0 bridgehead atoms. The zero-order valence-corrected chi connectivity index (χ0v) is 23.3. The van der Waals surface area contributed by atoms with Crippen molar-refractivity contribution in [3.8, 4) is 17.0 Å². The molecular formula is C29H36N4O4S. The summed E-state index contributed by atoms with van der Waals surface area (Å²) >= 11 is 0. The smallest absolute Gasteiger partial charge is 0.303 e. The monoisotopic (exact) mass is 536 g/mol. The molecule has 3 N–H and O–H groups in total. The van der Waals surface area contributed by atoms with Crippen LogP contribution >= 0.6 is 0 Å². The molecule has 2 saturated carbocycles. The van der Waals surface area contributed by atoms with E-state index in [1.54, 1.807) is 13.2 Å². The number of aromatic nitrogens is 1. The zero-order chi connectivity index (χ0) is 27.0. The van der Waals surface area contributed by atoms with Gasteiger partial charge in [-0.25, -0.2) is 4.72 Å². The van der Waals surface area contributed by atoms with Crippen LogP contribution in [0.1, 0.15) is 72.3 Å². The molecule has 1 amide bonds. The van der Waals surface area contributed by atoms with E-state index in [-0.39, 0.29) is 5.92 Å². The number of rotatable bonds is 5. The number of carbonyl (C=O) groups excluding carboxylic acids is 1. The predicted molar refractivity (Wildman–Crippen MR) is 149 cm³/mol. The van der Waals surface area contributed by atoms with Crippen LogP contribution in [0, 0.1) is 5.92 Å². The zero-order valence-electron chi connectivity index (χ0n) is 22.5. The maximum atomic E-state index is 13.0. The molecule has 0 spiro atoms. The number of nitrogens with one attached hydrogen (secondary N) is 1. The van der Waals surface area contributed by atoms with Gasteiger partial charge in [-0.2, -0.15) is 12.7 Å². The van der Waals surface area contributed by atoms with Gasteiger partial charge in [0.05, 0.1) is 12.8 Å². The molecule has 0 saturated heterocycles. The molecule has 2 unspecified atom stereocenters. The molecule has 2 aromatic carbocycles. The highest BCUT2D eigenvalue weighted by Crippen LogP contribution is 2.62. The Kier molecular flexibility index (Phi) is 5.90.